The van der Waals surface area contributed by atoms with E-state index in [1.165, 1.54) is 23.3 Å². The van der Waals surface area contributed by atoms with Gasteiger partial charge < -0.3 is 14.6 Å². The number of ether oxygens (including phenoxy) is 2. The number of halogens is 1. The molecule has 1 fully saturated rings. The van der Waals surface area contributed by atoms with Gasteiger partial charge in [0.1, 0.15) is 12.4 Å². The van der Waals surface area contributed by atoms with Crippen LogP contribution in [0.5, 0.6) is 11.5 Å². The van der Waals surface area contributed by atoms with Crippen LogP contribution < -0.4 is 14.4 Å². The number of amides is 1. The largest absolute Gasteiger partial charge is 0.507 e. The maximum Gasteiger partial charge on any atom is 0.301 e. The van der Waals surface area contributed by atoms with Gasteiger partial charge in [-0.15, -0.1) is 0 Å². The Labute approximate surface area is 257 Å². The summed E-state index contributed by atoms with van der Waals surface area (Å²) in [7, 11) is 1.53. The molecule has 1 aliphatic rings. The molecular formula is C34H27ClN2O5S. The fourth-order valence-electron chi connectivity index (χ4n) is 5.28. The molecule has 1 atom stereocenters. The van der Waals surface area contributed by atoms with Gasteiger partial charge in [0.05, 0.1) is 28.9 Å². The number of carbonyl (C=O) groups excluding carboxylic acids is 2. The summed E-state index contributed by atoms with van der Waals surface area (Å²) >= 11 is 7.39. The summed E-state index contributed by atoms with van der Waals surface area (Å²) in [6.07, 6.45) is 0. The number of hydrogen-bond donors (Lipinski definition) is 1. The van der Waals surface area contributed by atoms with Crippen LogP contribution in [0.25, 0.3) is 16.0 Å². The Hall–Kier alpha value is -4.66. The molecule has 9 heteroatoms. The first kappa shape index (κ1) is 28.5. The maximum atomic E-state index is 13.7. The second-order valence-electron chi connectivity index (χ2n) is 10.3. The van der Waals surface area contributed by atoms with Gasteiger partial charge in [0, 0.05) is 10.6 Å². The number of aromatic nitrogens is 1. The molecule has 1 unspecified atom stereocenters. The van der Waals surface area contributed by atoms with E-state index in [-0.39, 0.29) is 11.3 Å². The molecule has 4 aromatic carbocycles. The minimum atomic E-state index is -0.977. The highest BCUT2D eigenvalue weighted by Gasteiger charge is 2.48. The van der Waals surface area contributed by atoms with Gasteiger partial charge in [-0.25, -0.2) is 4.98 Å². The first-order valence-corrected chi connectivity index (χ1v) is 14.7. The summed E-state index contributed by atoms with van der Waals surface area (Å²) in [5.41, 5.74) is 4.63. The molecule has 1 N–H and O–H groups in total. The van der Waals surface area contributed by atoms with Crippen LogP contribution in [0.2, 0.25) is 5.02 Å². The van der Waals surface area contributed by atoms with E-state index in [4.69, 9.17) is 26.1 Å². The average molecular weight is 611 g/mol. The summed E-state index contributed by atoms with van der Waals surface area (Å²) in [4.78, 5) is 33.5. The molecular weight excluding hydrogens is 584 g/mol. The third kappa shape index (κ3) is 5.35. The lowest BCUT2D eigenvalue weighted by atomic mass is 9.95. The number of Topliss-reactive ketones (excluding diaryl/α,β-unsaturated/α-hetero) is 1. The van der Waals surface area contributed by atoms with Gasteiger partial charge in [0.25, 0.3) is 5.78 Å². The zero-order chi connectivity index (χ0) is 30.2. The van der Waals surface area contributed by atoms with Crippen molar-refractivity contribution in [3.8, 4) is 11.5 Å². The van der Waals surface area contributed by atoms with E-state index in [1.54, 1.807) is 42.5 Å². The van der Waals surface area contributed by atoms with Crippen molar-refractivity contribution in [2.24, 2.45) is 0 Å². The first-order chi connectivity index (χ1) is 20.7. The highest BCUT2D eigenvalue weighted by molar-refractivity contribution is 7.22. The number of aryl methyl sites for hydroxylation is 2. The smallest absolute Gasteiger partial charge is 0.301 e. The number of thiazole rings is 1. The Kier molecular flexibility index (Phi) is 7.64. The van der Waals surface area contributed by atoms with Crippen molar-refractivity contribution < 1.29 is 24.2 Å². The number of benzene rings is 4. The molecule has 0 aliphatic carbocycles. The number of carbonyl (C=O) groups is 2. The van der Waals surface area contributed by atoms with E-state index in [2.05, 4.69) is 0 Å². The van der Waals surface area contributed by atoms with Crippen molar-refractivity contribution in [3.63, 3.8) is 0 Å². The number of aliphatic hydroxyl groups is 1. The Balaban J connectivity index is 1.49. The molecule has 5 aromatic rings. The number of ketones is 1. The lowest BCUT2D eigenvalue weighted by molar-refractivity contribution is -0.132. The lowest BCUT2D eigenvalue weighted by Crippen LogP contribution is -2.29. The van der Waals surface area contributed by atoms with Crippen LogP contribution in [-0.4, -0.2) is 28.9 Å². The first-order valence-electron chi connectivity index (χ1n) is 13.5. The quantitative estimate of drug-likeness (QED) is 0.115. The molecule has 0 saturated carbocycles. The third-order valence-electron chi connectivity index (χ3n) is 7.33. The number of methoxy groups -OCH3 is 1. The van der Waals surface area contributed by atoms with Crippen molar-refractivity contribution in [1.82, 2.24) is 4.98 Å². The summed E-state index contributed by atoms with van der Waals surface area (Å²) in [5.74, 6) is -0.985. The van der Waals surface area contributed by atoms with E-state index >= 15 is 0 Å². The van der Waals surface area contributed by atoms with Gasteiger partial charge in [-0.05, 0) is 78.6 Å². The predicted octanol–water partition coefficient (Wildman–Crippen LogP) is 7.78. The standard InChI is InChI=1S/C34H27ClN2O5S/c1-19-15-20(2)29-27(16-19)43-34(36-29)37-30(28(32(39)33(37)40)31(38)22-9-12-24(35)13-10-22)23-11-14-25(26(17-23)41-3)42-18-21-7-5-4-6-8-21/h4-17,30,38H,18H2,1-3H3. The van der Waals surface area contributed by atoms with Crippen LogP contribution in [0.4, 0.5) is 5.13 Å². The fourth-order valence-corrected chi connectivity index (χ4v) is 6.57. The number of aliphatic hydroxyl groups excluding tert-OH is 1. The molecule has 7 nitrogen and oxygen atoms in total. The number of fused-ring (bicyclic) bond motifs is 1. The fraction of sp³-hybridized carbons (Fsp3) is 0.147. The zero-order valence-corrected chi connectivity index (χ0v) is 25.2. The van der Waals surface area contributed by atoms with Gasteiger partial charge in [0.15, 0.2) is 16.6 Å². The Morgan fingerprint density at radius 3 is 2.44 bits per heavy atom. The summed E-state index contributed by atoms with van der Waals surface area (Å²) in [5, 5.41) is 12.3. The lowest BCUT2D eigenvalue weighted by Gasteiger charge is -2.24. The highest BCUT2D eigenvalue weighted by Crippen LogP contribution is 2.46. The van der Waals surface area contributed by atoms with Crippen molar-refractivity contribution in [2.45, 2.75) is 26.5 Å². The molecule has 0 spiro atoms. The molecule has 1 amide bonds. The van der Waals surface area contributed by atoms with Gasteiger partial charge in [-0.2, -0.15) is 0 Å². The number of hydrogen-bond acceptors (Lipinski definition) is 7. The van der Waals surface area contributed by atoms with E-state index in [9.17, 15) is 14.7 Å². The third-order valence-corrected chi connectivity index (χ3v) is 8.58. The minimum absolute atomic E-state index is 0.0560. The van der Waals surface area contributed by atoms with E-state index in [0.29, 0.717) is 39.4 Å². The van der Waals surface area contributed by atoms with E-state index in [0.717, 1.165) is 26.9 Å². The maximum absolute atomic E-state index is 13.7. The molecule has 43 heavy (non-hydrogen) atoms. The normalized spacial score (nSPS) is 16.2. The van der Waals surface area contributed by atoms with Crippen molar-refractivity contribution in [3.05, 3.63) is 123 Å². The van der Waals surface area contributed by atoms with Crippen LogP contribution in [-0.2, 0) is 16.2 Å². The average Bonchev–Trinajstić information content (AvgIpc) is 3.54. The SMILES string of the molecule is COc1cc(C2C(=C(O)c3ccc(Cl)cc3)C(=O)C(=O)N2c2nc3c(C)cc(C)cc3s2)ccc1OCc1ccccc1. The van der Waals surface area contributed by atoms with Crippen molar-refractivity contribution >= 4 is 55.7 Å². The summed E-state index contributed by atoms with van der Waals surface area (Å²) in [6, 6.07) is 24.5. The van der Waals surface area contributed by atoms with Crippen LogP contribution in [0.3, 0.4) is 0 Å². The molecule has 1 aromatic heterocycles. The van der Waals surface area contributed by atoms with Gasteiger partial charge >= 0.3 is 5.91 Å². The number of rotatable bonds is 7. The second-order valence-corrected chi connectivity index (χ2v) is 11.7. The molecule has 6 rings (SSSR count). The van der Waals surface area contributed by atoms with Gasteiger partial charge in [0.2, 0.25) is 0 Å². The summed E-state index contributed by atoms with van der Waals surface area (Å²) in [6.45, 7) is 4.29. The number of anilines is 1. The monoisotopic (exact) mass is 610 g/mol. The molecule has 1 saturated heterocycles. The molecule has 1 aliphatic heterocycles. The topological polar surface area (TPSA) is 89.0 Å². The van der Waals surface area contributed by atoms with E-state index < -0.39 is 17.7 Å². The van der Waals surface area contributed by atoms with Crippen LogP contribution >= 0.6 is 22.9 Å². The highest BCUT2D eigenvalue weighted by atomic mass is 35.5. The van der Waals surface area contributed by atoms with Gasteiger partial charge in [-0.1, -0.05) is 65.4 Å². The van der Waals surface area contributed by atoms with Crippen molar-refractivity contribution in [1.29, 1.82) is 0 Å². The Bertz CT molecular complexity index is 1900. The Morgan fingerprint density at radius 1 is 0.977 bits per heavy atom. The summed E-state index contributed by atoms with van der Waals surface area (Å²) < 4.78 is 12.6. The molecule has 2 heterocycles. The zero-order valence-electron chi connectivity index (χ0n) is 23.6. The minimum Gasteiger partial charge on any atom is -0.507 e. The van der Waals surface area contributed by atoms with E-state index in [1.807, 2.05) is 56.3 Å². The molecule has 216 valence electrons. The van der Waals surface area contributed by atoms with Crippen LogP contribution in [0.1, 0.15) is 33.9 Å². The Morgan fingerprint density at radius 2 is 1.72 bits per heavy atom. The molecule has 0 bridgehead atoms. The van der Waals surface area contributed by atoms with Crippen LogP contribution in [0, 0.1) is 13.8 Å². The number of nitrogens with zero attached hydrogens (tertiary/aromatic N) is 2. The van der Waals surface area contributed by atoms with Crippen LogP contribution in [0.15, 0.2) is 90.5 Å². The predicted molar refractivity (Wildman–Crippen MR) is 169 cm³/mol. The van der Waals surface area contributed by atoms with Gasteiger partial charge in [-0.3, -0.25) is 14.5 Å². The molecule has 0 radical (unpaired) electrons. The van der Waals surface area contributed by atoms with Crippen molar-refractivity contribution in [2.75, 3.05) is 12.0 Å². The second kappa shape index (κ2) is 11.6.